The molecule has 1 aromatic carbocycles. The van der Waals surface area contributed by atoms with Gasteiger partial charge in [0.2, 0.25) is 0 Å². The molecular weight excluding hydrogens is 246 g/mol. The molecular formula is C14H16ClN3. The molecule has 0 atom stereocenters. The summed E-state index contributed by atoms with van der Waals surface area (Å²) in [6.45, 7) is 0.736. The molecule has 3 rings (SSSR count). The van der Waals surface area contributed by atoms with E-state index in [2.05, 4.69) is 29.4 Å². The van der Waals surface area contributed by atoms with Crippen LogP contribution in [0.3, 0.4) is 0 Å². The summed E-state index contributed by atoms with van der Waals surface area (Å²) in [6.07, 6.45) is 7.14. The highest BCUT2D eigenvalue weighted by Crippen LogP contribution is 2.42. The van der Waals surface area contributed by atoms with E-state index in [1.807, 2.05) is 0 Å². The van der Waals surface area contributed by atoms with Gasteiger partial charge >= 0.3 is 0 Å². The maximum atomic E-state index is 5.92. The van der Waals surface area contributed by atoms with Crippen LogP contribution in [0.2, 0.25) is 5.02 Å². The molecule has 2 aromatic rings. The number of halogens is 1. The monoisotopic (exact) mass is 261 g/mol. The molecule has 1 saturated carbocycles. The first kappa shape index (κ1) is 11.8. The number of benzene rings is 1. The molecule has 0 radical (unpaired) electrons. The maximum absolute atomic E-state index is 5.92. The summed E-state index contributed by atoms with van der Waals surface area (Å²) in [4.78, 5) is 0. The molecule has 0 spiro atoms. The molecule has 2 N–H and O–H groups in total. The van der Waals surface area contributed by atoms with Gasteiger partial charge < -0.3 is 5.73 Å². The summed E-state index contributed by atoms with van der Waals surface area (Å²) < 4.78 is 1.78. The van der Waals surface area contributed by atoms with E-state index in [4.69, 9.17) is 17.3 Å². The zero-order valence-corrected chi connectivity index (χ0v) is 10.9. The van der Waals surface area contributed by atoms with Crippen molar-refractivity contribution in [2.45, 2.75) is 24.7 Å². The summed E-state index contributed by atoms with van der Waals surface area (Å²) >= 11 is 5.87. The third-order valence-corrected chi connectivity index (χ3v) is 4.19. The van der Waals surface area contributed by atoms with Crippen molar-refractivity contribution in [3.05, 3.63) is 47.2 Å². The fourth-order valence-corrected chi connectivity index (χ4v) is 2.76. The zero-order valence-electron chi connectivity index (χ0n) is 10.1. The second-order valence-electron chi connectivity index (χ2n) is 4.99. The highest BCUT2D eigenvalue weighted by Gasteiger charge is 2.36. The summed E-state index contributed by atoms with van der Waals surface area (Å²) in [7, 11) is 0. The minimum atomic E-state index is 0.223. The van der Waals surface area contributed by atoms with Crippen molar-refractivity contribution in [1.82, 2.24) is 9.78 Å². The van der Waals surface area contributed by atoms with Gasteiger partial charge in [0.15, 0.2) is 0 Å². The van der Waals surface area contributed by atoms with Crippen LogP contribution in [0.4, 0.5) is 0 Å². The lowest BCUT2D eigenvalue weighted by Gasteiger charge is -2.41. The predicted molar refractivity (Wildman–Crippen MR) is 73.2 cm³/mol. The van der Waals surface area contributed by atoms with Gasteiger partial charge in [-0.25, -0.2) is 4.68 Å². The molecule has 0 unspecified atom stereocenters. The van der Waals surface area contributed by atoms with E-state index in [0.29, 0.717) is 5.02 Å². The summed E-state index contributed by atoms with van der Waals surface area (Å²) in [5, 5.41) is 4.84. The van der Waals surface area contributed by atoms with Crippen molar-refractivity contribution in [3.8, 4) is 5.69 Å². The first-order chi connectivity index (χ1) is 8.73. The number of rotatable bonds is 3. The summed E-state index contributed by atoms with van der Waals surface area (Å²) in [5.74, 6) is 0. The van der Waals surface area contributed by atoms with E-state index in [9.17, 15) is 0 Å². The van der Waals surface area contributed by atoms with E-state index in [1.54, 1.807) is 17.1 Å². The van der Waals surface area contributed by atoms with Crippen molar-refractivity contribution in [2.24, 2.45) is 5.73 Å². The van der Waals surface area contributed by atoms with Gasteiger partial charge in [-0.2, -0.15) is 5.10 Å². The topological polar surface area (TPSA) is 43.8 Å². The van der Waals surface area contributed by atoms with Crippen molar-refractivity contribution in [3.63, 3.8) is 0 Å². The van der Waals surface area contributed by atoms with Gasteiger partial charge in [-0.1, -0.05) is 30.2 Å². The molecule has 1 aliphatic carbocycles. The Morgan fingerprint density at radius 1 is 1.28 bits per heavy atom. The van der Waals surface area contributed by atoms with Crippen LogP contribution in [0.15, 0.2) is 36.7 Å². The first-order valence-corrected chi connectivity index (χ1v) is 6.62. The highest BCUT2D eigenvalue weighted by atomic mass is 35.5. The van der Waals surface area contributed by atoms with E-state index in [-0.39, 0.29) is 5.41 Å². The van der Waals surface area contributed by atoms with Gasteiger partial charge in [0, 0.05) is 18.2 Å². The molecule has 18 heavy (non-hydrogen) atoms. The summed E-state index contributed by atoms with van der Waals surface area (Å²) in [6, 6.07) is 8.48. The number of aromatic nitrogens is 2. The average molecular weight is 262 g/mol. The van der Waals surface area contributed by atoms with Crippen molar-refractivity contribution >= 4 is 11.6 Å². The standard InChI is InChI=1S/C14H16ClN3/c15-12-8-17-18(9-12)13-4-2-11(3-5-13)14(10-16)6-1-7-14/h2-5,8-9H,1,6-7,10,16H2. The van der Waals surface area contributed by atoms with E-state index in [1.165, 1.54) is 24.8 Å². The van der Waals surface area contributed by atoms with Crippen molar-refractivity contribution in [1.29, 1.82) is 0 Å². The van der Waals surface area contributed by atoms with Gasteiger partial charge in [0.05, 0.1) is 16.9 Å². The van der Waals surface area contributed by atoms with Gasteiger partial charge in [0.1, 0.15) is 0 Å². The number of nitrogens with two attached hydrogens (primary N) is 1. The second-order valence-corrected chi connectivity index (χ2v) is 5.42. The zero-order chi connectivity index (χ0) is 12.6. The molecule has 1 aliphatic rings. The second kappa shape index (κ2) is 4.41. The molecule has 4 heteroatoms. The van der Waals surface area contributed by atoms with Crippen LogP contribution in [0.1, 0.15) is 24.8 Å². The van der Waals surface area contributed by atoms with E-state index in [0.717, 1.165) is 12.2 Å². The molecule has 1 aromatic heterocycles. The Balaban J connectivity index is 1.89. The average Bonchev–Trinajstić information content (AvgIpc) is 2.76. The number of nitrogens with zero attached hydrogens (tertiary/aromatic N) is 2. The Morgan fingerprint density at radius 2 is 2.00 bits per heavy atom. The molecule has 0 bridgehead atoms. The maximum Gasteiger partial charge on any atom is 0.0790 e. The SMILES string of the molecule is NCC1(c2ccc(-n3cc(Cl)cn3)cc2)CCC1. The Kier molecular flexibility index (Phi) is 2.88. The Labute approximate surface area is 112 Å². The minimum Gasteiger partial charge on any atom is -0.330 e. The van der Waals surface area contributed by atoms with Crippen molar-refractivity contribution in [2.75, 3.05) is 6.54 Å². The van der Waals surface area contributed by atoms with Crippen molar-refractivity contribution < 1.29 is 0 Å². The minimum absolute atomic E-state index is 0.223. The third-order valence-electron chi connectivity index (χ3n) is 4.00. The fourth-order valence-electron chi connectivity index (χ4n) is 2.62. The van der Waals surface area contributed by atoms with Crippen LogP contribution in [-0.2, 0) is 5.41 Å². The van der Waals surface area contributed by atoms with Crippen LogP contribution < -0.4 is 5.73 Å². The largest absolute Gasteiger partial charge is 0.330 e. The lowest BCUT2D eigenvalue weighted by atomic mass is 9.64. The lowest BCUT2D eigenvalue weighted by molar-refractivity contribution is 0.253. The smallest absolute Gasteiger partial charge is 0.0790 e. The first-order valence-electron chi connectivity index (χ1n) is 6.25. The van der Waals surface area contributed by atoms with Gasteiger partial charge in [-0.05, 0) is 30.5 Å². The fraction of sp³-hybridized carbons (Fsp3) is 0.357. The molecule has 94 valence electrons. The van der Waals surface area contributed by atoms with Gasteiger partial charge in [-0.15, -0.1) is 0 Å². The predicted octanol–water partition coefficient (Wildman–Crippen LogP) is 2.91. The Bertz CT molecular complexity index is 535. The molecule has 3 nitrogen and oxygen atoms in total. The normalized spacial score (nSPS) is 17.4. The van der Waals surface area contributed by atoms with Gasteiger partial charge in [-0.3, -0.25) is 0 Å². The summed E-state index contributed by atoms with van der Waals surface area (Å²) in [5.41, 5.74) is 8.51. The Morgan fingerprint density at radius 3 is 2.44 bits per heavy atom. The molecule has 1 fully saturated rings. The molecule has 0 aliphatic heterocycles. The lowest BCUT2D eigenvalue weighted by Crippen LogP contribution is -2.41. The quantitative estimate of drug-likeness (QED) is 0.923. The van der Waals surface area contributed by atoms with Crippen LogP contribution in [0.25, 0.3) is 5.69 Å². The molecule has 1 heterocycles. The van der Waals surface area contributed by atoms with E-state index < -0.39 is 0 Å². The van der Waals surface area contributed by atoms with Crippen LogP contribution in [-0.4, -0.2) is 16.3 Å². The number of hydrogen-bond acceptors (Lipinski definition) is 2. The van der Waals surface area contributed by atoms with Crippen LogP contribution in [0.5, 0.6) is 0 Å². The van der Waals surface area contributed by atoms with Crippen LogP contribution >= 0.6 is 11.6 Å². The number of hydrogen-bond donors (Lipinski definition) is 1. The molecule has 0 saturated heterocycles. The van der Waals surface area contributed by atoms with E-state index >= 15 is 0 Å². The highest BCUT2D eigenvalue weighted by molar-refractivity contribution is 6.30. The van der Waals surface area contributed by atoms with Crippen LogP contribution in [0, 0.1) is 0 Å². The Hall–Kier alpha value is -1.32. The third kappa shape index (κ3) is 1.84. The molecule has 0 amide bonds. The van der Waals surface area contributed by atoms with Gasteiger partial charge in [0.25, 0.3) is 0 Å².